The second kappa shape index (κ2) is 6.05. The van der Waals surface area contributed by atoms with Gasteiger partial charge in [0.2, 0.25) is 5.91 Å². The van der Waals surface area contributed by atoms with E-state index in [1.807, 2.05) is 24.3 Å². The van der Waals surface area contributed by atoms with Crippen molar-refractivity contribution < 1.29 is 14.3 Å². The minimum Gasteiger partial charge on any atom is -0.465 e. The smallest absolute Gasteiger partial charge is 0.350 e. The number of anilines is 1. The summed E-state index contributed by atoms with van der Waals surface area (Å²) in [6, 6.07) is 7.38. The van der Waals surface area contributed by atoms with Crippen molar-refractivity contribution in [1.29, 1.82) is 0 Å². The van der Waals surface area contributed by atoms with Crippen molar-refractivity contribution in [3.05, 3.63) is 29.1 Å². The predicted molar refractivity (Wildman–Crippen MR) is 86.0 cm³/mol. The third-order valence-corrected chi connectivity index (χ3v) is 5.34. The highest BCUT2D eigenvalue weighted by Gasteiger charge is 2.26. The van der Waals surface area contributed by atoms with E-state index < -0.39 is 5.97 Å². The fourth-order valence-corrected chi connectivity index (χ4v) is 4.20. The average Bonchev–Trinajstić information content (AvgIpc) is 3.15. The van der Waals surface area contributed by atoms with Gasteiger partial charge in [-0.05, 0) is 6.07 Å². The van der Waals surface area contributed by atoms with Crippen LogP contribution >= 0.6 is 23.1 Å². The van der Waals surface area contributed by atoms with Gasteiger partial charge in [-0.25, -0.2) is 4.79 Å². The van der Waals surface area contributed by atoms with Gasteiger partial charge in [0.25, 0.3) is 0 Å². The highest BCUT2D eigenvalue weighted by molar-refractivity contribution is 7.99. The van der Waals surface area contributed by atoms with Gasteiger partial charge in [0.05, 0.1) is 18.8 Å². The normalized spacial score (nSPS) is 17.9. The Morgan fingerprint density at radius 1 is 1.38 bits per heavy atom. The zero-order valence-electron chi connectivity index (χ0n) is 11.3. The fourth-order valence-electron chi connectivity index (χ4n) is 2.18. The molecule has 21 heavy (non-hydrogen) atoms. The number of esters is 1. The van der Waals surface area contributed by atoms with Crippen molar-refractivity contribution in [2.45, 2.75) is 6.04 Å². The van der Waals surface area contributed by atoms with Crippen LogP contribution in [0.15, 0.2) is 24.3 Å². The number of ether oxygens (including phenoxy) is 1. The molecule has 1 fully saturated rings. The van der Waals surface area contributed by atoms with Crippen molar-refractivity contribution in [3.63, 3.8) is 0 Å². The van der Waals surface area contributed by atoms with E-state index in [4.69, 9.17) is 4.74 Å². The molecule has 5 nitrogen and oxygen atoms in total. The van der Waals surface area contributed by atoms with Crippen LogP contribution in [-0.4, -0.2) is 36.7 Å². The van der Waals surface area contributed by atoms with Gasteiger partial charge in [0.15, 0.2) is 0 Å². The molecule has 1 aliphatic heterocycles. The van der Waals surface area contributed by atoms with E-state index in [-0.39, 0.29) is 11.9 Å². The molecule has 1 aliphatic rings. The van der Waals surface area contributed by atoms with Gasteiger partial charge in [0.1, 0.15) is 4.88 Å². The molecule has 1 amide bonds. The molecule has 1 atom stereocenters. The lowest BCUT2D eigenvalue weighted by Gasteiger charge is -2.11. The lowest BCUT2D eigenvalue weighted by molar-refractivity contribution is -0.117. The van der Waals surface area contributed by atoms with Gasteiger partial charge in [-0.2, -0.15) is 0 Å². The number of thiophene rings is 1. The Balaban J connectivity index is 1.98. The zero-order valence-corrected chi connectivity index (χ0v) is 13.0. The summed E-state index contributed by atoms with van der Waals surface area (Å²) in [4.78, 5) is 24.6. The van der Waals surface area contributed by atoms with Crippen LogP contribution in [0.3, 0.4) is 0 Å². The number of carbonyl (C=O) groups is 2. The second-order valence-corrected chi connectivity index (χ2v) is 6.64. The Morgan fingerprint density at radius 2 is 2.19 bits per heavy atom. The highest BCUT2D eigenvalue weighted by Crippen LogP contribution is 2.36. The number of amides is 1. The Labute approximate surface area is 130 Å². The molecule has 1 aromatic carbocycles. The summed E-state index contributed by atoms with van der Waals surface area (Å²) in [5, 5.41) is 6.87. The van der Waals surface area contributed by atoms with E-state index in [2.05, 4.69) is 10.6 Å². The summed E-state index contributed by atoms with van der Waals surface area (Å²) < 4.78 is 5.76. The maximum atomic E-state index is 12.3. The molecule has 0 bridgehead atoms. The summed E-state index contributed by atoms with van der Waals surface area (Å²) in [7, 11) is 1.34. The van der Waals surface area contributed by atoms with Gasteiger partial charge in [0, 0.05) is 21.7 Å². The number of benzene rings is 1. The van der Waals surface area contributed by atoms with Gasteiger partial charge in [-0.3, -0.25) is 10.1 Å². The zero-order chi connectivity index (χ0) is 14.8. The molecule has 2 N–H and O–H groups in total. The number of carbonyl (C=O) groups excluding carboxylic acids is 2. The number of hydrogen-bond donors (Lipinski definition) is 2. The van der Waals surface area contributed by atoms with Crippen LogP contribution in [0.25, 0.3) is 10.1 Å². The first-order chi connectivity index (χ1) is 10.2. The van der Waals surface area contributed by atoms with Crippen LogP contribution in [0.1, 0.15) is 9.67 Å². The number of rotatable bonds is 3. The fraction of sp³-hybridized carbons (Fsp3) is 0.286. The number of thioether (sulfide) groups is 1. The maximum absolute atomic E-state index is 12.3. The van der Waals surface area contributed by atoms with Gasteiger partial charge in [-0.1, -0.05) is 18.2 Å². The number of hydrogen-bond acceptors (Lipinski definition) is 6. The third kappa shape index (κ3) is 2.76. The van der Waals surface area contributed by atoms with Gasteiger partial charge >= 0.3 is 5.97 Å². The quantitative estimate of drug-likeness (QED) is 0.849. The molecule has 1 unspecified atom stereocenters. The third-order valence-electron chi connectivity index (χ3n) is 3.25. The molecule has 0 aliphatic carbocycles. The summed E-state index contributed by atoms with van der Waals surface area (Å²) in [6.07, 6.45) is 0. The topological polar surface area (TPSA) is 67.4 Å². The molecule has 2 aromatic rings. The predicted octanol–water partition coefficient (Wildman–Crippen LogP) is 2.29. The first-order valence-corrected chi connectivity index (χ1v) is 8.39. The molecule has 1 saturated heterocycles. The SMILES string of the molecule is COC(=O)c1sc2ccccc2c1NC(=O)C1CSCN1. The van der Waals surface area contributed by atoms with E-state index in [1.165, 1.54) is 18.4 Å². The van der Waals surface area contributed by atoms with E-state index >= 15 is 0 Å². The molecule has 110 valence electrons. The first kappa shape index (κ1) is 14.4. The van der Waals surface area contributed by atoms with Gasteiger partial charge < -0.3 is 10.1 Å². The van der Waals surface area contributed by atoms with Crippen molar-refractivity contribution in [2.75, 3.05) is 24.1 Å². The molecular formula is C14H14N2O3S2. The van der Waals surface area contributed by atoms with E-state index in [0.717, 1.165) is 21.7 Å². The monoisotopic (exact) mass is 322 g/mol. The Bertz CT molecular complexity index is 693. The molecule has 3 rings (SSSR count). The molecule has 0 radical (unpaired) electrons. The van der Waals surface area contributed by atoms with E-state index in [9.17, 15) is 9.59 Å². The summed E-state index contributed by atoms with van der Waals surface area (Å²) in [5.74, 6) is 0.960. The maximum Gasteiger partial charge on any atom is 0.350 e. The minimum absolute atomic E-state index is 0.117. The van der Waals surface area contributed by atoms with Crippen molar-refractivity contribution in [2.24, 2.45) is 0 Å². The molecular weight excluding hydrogens is 308 g/mol. The van der Waals surface area contributed by atoms with Crippen LogP contribution < -0.4 is 10.6 Å². The van der Waals surface area contributed by atoms with Gasteiger partial charge in [-0.15, -0.1) is 23.1 Å². The molecule has 2 heterocycles. The summed E-state index contributed by atoms with van der Waals surface area (Å²) in [5.41, 5.74) is 0.547. The average molecular weight is 322 g/mol. The lowest BCUT2D eigenvalue weighted by Crippen LogP contribution is -2.37. The minimum atomic E-state index is -0.430. The number of methoxy groups -OCH3 is 1. The molecule has 0 spiro atoms. The van der Waals surface area contributed by atoms with Crippen LogP contribution in [0, 0.1) is 0 Å². The first-order valence-electron chi connectivity index (χ1n) is 6.42. The van der Waals surface area contributed by atoms with Crippen molar-refractivity contribution >= 4 is 50.7 Å². The lowest BCUT2D eigenvalue weighted by atomic mass is 10.2. The van der Waals surface area contributed by atoms with Crippen LogP contribution in [-0.2, 0) is 9.53 Å². The summed E-state index contributed by atoms with van der Waals surface area (Å²) in [6.45, 7) is 0. The standard InChI is InChI=1S/C14H14N2O3S2/c1-19-14(18)12-11(8-4-2-3-5-10(8)21-12)16-13(17)9-6-20-7-15-9/h2-5,9,15H,6-7H2,1H3,(H,16,17). The highest BCUT2D eigenvalue weighted by atomic mass is 32.2. The number of nitrogens with one attached hydrogen (secondary N) is 2. The van der Waals surface area contributed by atoms with Crippen LogP contribution in [0.4, 0.5) is 5.69 Å². The molecule has 1 aromatic heterocycles. The Kier molecular flexibility index (Phi) is 4.14. The van der Waals surface area contributed by atoms with Crippen molar-refractivity contribution in [3.8, 4) is 0 Å². The number of fused-ring (bicyclic) bond motifs is 1. The van der Waals surface area contributed by atoms with Crippen LogP contribution in [0.5, 0.6) is 0 Å². The van der Waals surface area contributed by atoms with E-state index in [0.29, 0.717) is 10.6 Å². The summed E-state index contributed by atoms with van der Waals surface area (Å²) >= 11 is 3.01. The van der Waals surface area contributed by atoms with Crippen LogP contribution in [0.2, 0.25) is 0 Å². The Morgan fingerprint density at radius 3 is 2.90 bits per heavy atom. The Hall–Kier alpha value is -1.57. The molecule has 7 heteroatoms. The largest absolute Gasteiger partial charge is 0.465 e. The molecule has 0 saturated carbocycles. The van der Waals surface area contributed by atoms with E-state index in [1.54, 1.807) is 11.8 Å². The van der Waals surface area contributed by atoms with Crippen molar-refractivity contribution in [1.82, 2.24) is 5.32 Å². The second-order valence-electron chi connectivity index (χ2n) is 4.56.